The highest BCUT2D eigenvalue weighted by molar-refractivity contribution is 8.05. The molecule has 0 saturated carbocycles. The molecule has 1 nitrogen and oxygen atoms in total. The minimum absolute atomic E-state index is 1.15. The fourth-order valence-corrected chi connectivity index (χ4v) is 1.51. The summed E-state index contributed by atoms with van der Waals surface area (Å²) in [6.07, 6.45) is 8.06. The van der Waals surface area contributed by atoms with Crippen LogP contribution < -0.4 is 0 Å². The Morgan fingerprint density at radius 2 is 2.50 bits per heavy atom. The largest absolute Gasteiger partial charge is 0.264 e. The van der Waals surface area contributed by atoms with Gasteiger partial charge in [0.25, 0.3) is 0 Å². The van der Waals surface area contributed by atoms with Gasteiger partial charge in [-0.2, -0.15) is 0 Å². The van der Waals surface area contributed by atoms with Crippen molar-refractivity contribution in [2.24, 2.45) is 4.99 Å². The number of rotatable bonds is 2. The van der Waals surface area contributed by atoms with E-state index in [-0.39, 0.29) is 0 Å². The lowest BCUT2D eigenvalue weighted by molar-refractivity contribution is 0.945. The molecular formula is C8H11NS. The molecule has 0 aliphatic carbocycles. The fraction of sp³-hybridized carbons (Fsp3) is 0.375. The molecule has 0 aromatic rings. The first kappa shape index (κ1) is 7.61. The first-order chi connectivity index (χ1) is 4.93. The second-order valence-corrected chi connectivity index (χ2v) is 3.12. The van der Waals surface area contributed by atoms with Gasteiger partial charge in [0.2, 0.25) is 0 Å². The van der Waals surface area contributed by atoms with Crippen LogP contribution in [0.3, 0.4) is 0 Å². The topological polar surface area (TPSA) is 12.4 Å². The van der Waals surface area contributed by atoms with Crippen molar-refractivity contribution in [3.05, 3.63) is 22.6 Å². The number of hydrogen-bond acceptors (Lipinski definition) is 2. The van der Waals surface area contributed by atoms with Crippen molar-refractivity contribution in [1.82, 2.24) is 0 Å². The molecule has 1 aliphatic rings. The molecule has 0 saturated heterocycles. The van der Waals surface area contributed by atoms with E-state index in [0.29, 0.717) is 0 Å². The third-order valence-corrected chi connectivity index (χ3v) is 2.09. The van der Waals surface area contributed by atoms with Crippen LogP contribution in [0.25, 0.3) is 0 Å². The van der Waals surface area contributed by atoms with Gasteiger partial charge >= 0.3 is 0 Å². The number of allylic oxidation sites excluding steroid dienone is 2. The summed E-state index contributed by atoms with van der Waals surface area (Å²) in [6.45, 7) is 2.18. The monoisotopic (exact) mass is 153 g/mol. The lowest BCUT2D eigenvalue weighted by atomic mass is 10.3. The molecule has 0 unspecified atom stereocenters. The number of hydrogen-bond donors (Lipinski definition) is 0. The zero-order chi connectivity index (χ0) is 7.23. The van der Waals surface area contributed by atoms with Crippen LogP contribution in [0, 0.1) is 0 Å². The average molecular weight is 153 g/mol. The normalized spacial score (nSPS) is 16.7. The highest BCUT2D eigenvalue weighted by Gasteiger charge is 1.93. The molecule has 1 heterocycles. The van der Waals surface area contributed by atoms with Crippen LogP contribution in [0.1, 0.15) is 19.8 Å². The highest BCUT2D eigenvalue weighted by atomic mass is 32.2. The van der Waals surface area contributed by atoms with E-state index >= 15 is 0 Å². The van der Waals surface area contributed by atoms with Crippen molar-refractivity contribution < 1.29 is 0 Å². The summed E-state index contributed by atoms with van der Waals surface area (Å²) in [7, 11) is 0. The van der Waals surface area contributed by atoms with Crippen LogP contribution >= 0.6 is 11.8 Å². The molecule has 0 aromatic heterocycles. The fourth-order valence-electron chi connectivity index (χ4n) is 0.738. The van der Waals surface area contributed by atoms with E-state index in [1.807, 2.05) is 18.5 Å². The first-order valence-electron chi connectivity index (χ1n) is 3.47. The van der Waals surface area contributed by atoms with E-state index in [1.165, 1.54) is 11.3 Å². The average Bonchev–Trinajstić information content (AvgIpc) is 2.17. The van der Waals surface area contributed by atoms with Gasteiger partial charge in [-0.3, -0.25) is 4.99 Å². The summed E-state index contributed by atoms with van der Waals surface area (Å²) in [5.74, 6) is 0. The summed E-state index contributed by atoms with van der Waals surface area (Å²) in [6, 6.07) is 0. The van der Waals surface area contributed by atoms with Gasteiger partial charge in [-0.1, -0.05) is 13.3 Å². The SMILES string of the molecule is CCCC1=CN=CC=CS1. The summed E-state index contributed by atoms with van der Waals surface area (Å²) in [5, 5.41) is 2.07. The maximum atomic E-state index is 4.08. The summed E-state index contributed by atoms with van der Waals surface area (Å²) < 4.78 is 0. The van der Waals surface area contributed by atoms with Crippen molar-refractivity contribution in [3.8, 4) is 0 Å². The van der Waals surface area contributed by atoms with Crippen LogP contribution in [0.15, 0.2) is 27.6 Å². The quantitative estimate of drug-likeness (QED) is 0.594. The molecule has 1 aliphatic heterocycles. The Morgan fingerprint density at radius 1 is 1.60 bits per heavy atom. The zero-order valence-corrected chi connectivity index (χ0v) is 6.90. The molecule has 0 aromatic carbocycles. The molecule has 0 atom stereocenters. The predicted octanol–water partition coefficient (Wildman–Crippen LogP) is 2.96. The van der Waals surface area contributed by atoms with Gasteiger partial charge in [-0.25, -0.2) is 0 Å². The van der Waals surface area contributed by atoms with E-state index in [1.54, 1.807) is 11.8 Å². The Hall–Kier alpha value is -0.500. The van der Waals surface area contributed by atoms with Gasteiger partial charge in [0, 0.05) is 17.3 Å². The van der Waals surface area contributed by atoms with Crippen molar-refractivity contribution >= 4 is 18.0 Å². The van der Waals surface area contributed by atoms with Crippen LogP contribution in [-0.4, -0.2) is 6.21 Å². The Labute approximate surface area is 65.9 Å². The first-order valence-corrected chi connectivity index (χ1v) is 4.35. The minimum atomic E-state index is 1.15. The lowest BCUT2D eigenvalue weighted by Gasteiger charge is -1.96. The van der Waals surface area contributed by atoms with Crippen molar-refractivity contribution in [3.63, 3.8) is 0 Å². The summed E-state index contributed by atoms with van der Waals surface area (Å²) in [4.78, 5) is 5.43. The molecule has 1 rings (SSSR count). The number of nitrogens with zero attached hydrogens (tertiary/aromatic N) is 1. The Kier molecular flexibility index (Phi) is 3.30. The molecular weight excluding hydrogens is 142 g/mol. The van der Waals surface area contributed by atoms with Gasteiger partial charge in [0.05, 0.1) is 0 Å². The number of aliphatic imine (C=N–C) groups is 1. The van der Waals surface area contributed by atoms with E-state index in [2.05, 4.69) is 17.3 Å². The lowest BCUT2D eigenvalue weighted by Crippen LogP contribution is -1.71. The van der Waals surface area contributed by atoms with Gasteiger partial charge in [-0.15, -0.1) is 11.8 Å². The molecule has 0 radical (unpaired) electrons. The Morgan fingerprint density at radius 3 is 3.30 bits per heavy atom. The second-order valence-electron chi connectivity index (χ2n) is 2.09. The molecule has 0 amide bonds. The summed E-state index contributed by atoms with van der Waals surface area (Å²) >= 11 is 1.76. The van der Waals surface area contributed by atoms with Crippen molar-refractivity contribution in [2.75, 3.05) is 0 Å². The van der Waals surface area contributed by atoms with E-state index in [0.717, 1.165) is 6.42 Å². The van der Waals surface area contributed by atoms with Crippen molar-refractivity contribution in [1.29, 1.82) is 0 Å². The smallest absolute Gasteiger partial charge is 0.0366 e. The molecule has 0 spiro atoms. The highest BCUT2D eigenvalue weighted by Crippen LogP contribution is 2.22. The predicted molar refractivity (Wildman–Crippen MR) is 48.2 cm³/mol. The second kappa shape index (κ2) is 4.34. The standard InChI is InChI=1S/C8H11NS/c1-2-4-8-7-9-5-3-6-10-8/h3,5-7H,2,4H2,1H3. The van der Waals surface area contributed by atoms with Crippen LogP contribution in [0.2, 0.25) is 0 Å². The molecule has 2 heteroatoms. The zero-order valence-electron chi connectivity index (χ0n) is 6.08. The Balaban J connectivity index is 2.50. The minimum Gasteiger partial charge on any atom is -0.264 e. The van der Waals surface area contributed by atoms with Gasteiger partial charge in [-0.05, 0) is 17.9 Å². The molecule has 0 bridgehead atoms. The molecule has 54 valence electrons. The summed E-state index contributed by atoms with van der Waals surface area (Å²) in [5.41, 5.74) is 0. The van der Waals surface area contributed by atoms with Gasteiger partial charge < -0.3 is 0 Å². The third-order valence-electron chi connectivity index (χ3n) is 1.19. The molecule has 10 heavy (non-hydrogen) atoms. The van der Waals surface area contributed by atoms with E-state index < -0.39 is 0 Å². The van der Waals surface area contributed by atoms with Gasteiger partial charge in [0.15, 0.2) is 0 Å². The Bertz CT molecular complexity index is 180. The van der Waals surface area contributed by atoms with Crippen LogP contribution in [-0.2, 0) is 0 Å². The molecule has 0 fully saturated rings. The number of thioether (sulfide) groups is 1. The van der Waals surface area contributed by atoms with E-state index in [9.17, 15) is 0 Å². The maximum Gasteiger partial charge on any atom is 0.0366 e. The maximum absolute atomic E-state index is 4.08. The van der Waals surface area contributed by atoms with Crippen molar-refractivity contribution in [2.45, 2.75) is 19.8 Å². The van der Waals surface area contributed by atoms with Crippen LogP contribution in [0.5, 0.6) is 0 Å². The van der Waals surface area contributed by atoms with Gasteiger partial charge in [0.1, 0.15) is 0 Å². The third kappa shape index (κ3) is 2.40. The van der Waals surface area contributed by atoms with E-state index in [4.69, 9.17) is 0 Å². The molecule has 0 N–H and O–H groups in total. The van der Waals surface area contributed by atoms with Crippen LogP contribution in [0.4, 0.5) is 0 Å².